The molecule has 0 aliphatic rings. The molecule has 19 heavy (non-hydrogen) atoms. The van der Waals surface area contributed by atoms with Crippen molar-refractivity contribution < 1.29 is 8.42 Å². The van der Waals surface area contributed by atoms with Crippen molar-refractivity contribution in [3.05, 3.63) is 16.7 Å². The van der Waals surface area contributed by atoms with Gasteiger partial charge < -0.3 is 5.32 Å². The maximum Gasteiger partial charge on any atom is 0.244 e. The molecular weight excluding hydrogens is 330 g/mol. The van der Waals surface area contributed by atoms with Gasteiger partial charge in [-0.3, -0.25) is 0 Å². The number of anilines is 1. The third-order valence-electron chi connectivity index (χ3n) is 2.98. The summed E-state index contributed by atoms with van der Waals surface area (Å²) in [6.07, 6.45) is 1.55. The zero-order valence-corrected chi connectivity index (χ0v) is 14.2. The van der Waals surface area contributed by atoms with Gasteiger partial charge in [0.1, 0.15) is 10.7 Å². The summed E-state index contributed by atoms with van der Waals surface area (Å²) in [5, 5.41) is 2.79. The van der Waals surface area contributed by atoms with E-state index in [4.69, 9.17) is 0 Å². The maximum absolute atomic E-state index is 12.4. The molecule has 0 bridgehead atoms. The maximum atomic E-state index is 12.4. The van der Waals surface area contributed by atoms with Crippen molar-refractivity contribution in [2.24, 2.45) is 5.41 Å². The molecular formula is C12H20BrN3O2S. The Bertz CT molecular complexity index is 553. The van der Waals surface area contributed by atoms with Crippen molar-refractivity contribution in [3.63, 3.8) is 0 Å². The first-order chi connectivity index (χ1) is 8.58. The summed E-state index contributed by atoms with van der Waals surface area (Å²) in [6.45, 7) is 7.80. The predicted octanol–water partition coefficient (Wildman–Crippen LogP) is 2.60. The SMILES string of the molecule is CNc1ncc(Br)cc1S(=O)(=O)NC(C)C(C)(C)C. The summed E-state index contributed by atoms with van der Waals surface area (Å²) in [5.41, 5.74) is -0.160. The van der Waals surface area contributed by atoms with E-state index in [1.807, 2.05) is 27.7 Å². The summed E-state index contributed by atoms with van der Waals surface area (Å²) >= 11 is 3.24. The van der Waals surface area contributed by atoms with E-state index in [9.17, 15) is 8.42 Å². The number of hydrogen-bond donors (Lipinski definition) is 2. The van der Waals surface area contributed by atoms with Gasteiger partial charge in [-0.1, -0.05) is 20.8 Å². The number of pyridine rings is 1. The Kier molecular flexibility index (Phi) is 4.97. The minimum absolute atomic E-state index is 0.139. The quantitative estimate of drug-likeness (QED) is 0.876. The summed E-state index contributed by atoms with van der Waals surface area (Å²) in [7, 11) is -1.97. The molecule has 1 rings (SSSR count). The average Bonchev–Trinajstić information content (AvgIpc) is 2.27. The van der Waals surface area contributed by atoms with Crippen LogP contribution in [-0.2, 0) is 10.0 Å². The normalized spacial score (nSPS) is 14.2. The molecule has 1 atom stereocenters. The van der Waals surface area contributed by atoms with Crippen molar-refractivity contribution in [2.45, 2.75) is 38.6 Å². The van der Waals surface area contributed by atoms with Crippen LogP contribution in [0.5, 0.6) is 0 Å². The number of aromatic nitrogens is 1. The lowest BCUT2D eigenvalue weighted by Gasteiger charge is -2.28. The smallest absolute Gasteiger partial charge is 0.244 e. The van der Waals surface area contributed by atoms with Gasteiger partial charge in [0, 0.05) is 23.8 Å². The first-order valence-electron chi connectivity index (χ1n) is 5.93. The number of hydrogen-bond acceptors (Lipinski definition) is 4. The fourth-order valence-electron chi connectivity index (χ4n) is 1.29. The molecule has 0 saturated heterocycles. The van der Waals surface area contributed by atoms with Crippen molar-refractivity contribution in [2.75, 3.05) is 12.4 Å². The second-order valence-corrected chi connectivity index (χ2v) is 8.06. The molecule has 0 spiro atoms. The van der Waals surface area contributed by atoms with E-state index < -0.39 is 10.0 Å². The van der Waals surface area contributed by atoms with Gasteiger partial charge in [0.2, 0.25) is 10.0 Å². The predicted molar refractivity (Wildman–Crippen MR) is 80.7 cm³/mol. The number of halogens is 1. The molecule has 0 amide bonds. The molecule has 0 aliphatic heterocycles. The van der Waals surface area contributed by atoms with E-state index in [-0.39, 0.29) is 16.4 Å². The molecule has 0 aliphatic carbocycles. The molecule has 0 saturated carbocycles. The Labute approximate surface area is 123 Å². The lowest BCUT2D eigenvalue weighted by molar-refractivity contribution is 0.317. The molecule has 7 heteroatoms. The van der Waals surface area contributed by atoms with Gasteiger partial charge in [0.05, 0.1) is 0 Å². The summed E-state index contributed by atoms with van der Waals surface area (Å²) in [5.74, 6) is 0.330. The second-order valence-electron chi connectivity index (χ2n) is 5.46. The van der Waals surface area contributed by atoms with Crippen LogP contribution in [0.4, 0.5) is 5.82 Å². The van der Waals surface area contributed by atoms with E-state index in [1.54, 1.807) is 13.2 Å². The van der Waals surface area contributed by atoms with Gasteiger partial charge in [0.15, 0.2) is 0 Å². The first kappa shape index (κ1) is 16.4. The van der Waals surface area contributed by atoms with Gasteiger partial charge in [-0.05, 0) is 34.3 Å². The topological polar surface area (TPSA) is 71.1 Å². The van der Waals surface area contributed by atoms with Crippen LogP contribution < -0.4 is 10.0 Å². The van der Waals surface area contributed by atoms with Crippen LogP contribution in [0.3, 0.4) is 0 Å². The van der Waals surface area contributed by atoms with E-state index >= 15 is 0 Å². The summed E-state index contributed by atoms with van der Waals surface area (Å²) < 4.78 is 28.1. The zero-order valence-electron chi connectivity index (χ0n) is 11.8. The highest BCUT2D eigenvalue weighted by Gasteiger charge is 2.27. The van der Waals surface area contributed by atoms with Crippen molar-refractivity contribution in [1.29, 1.82) is 0 Å². The van der Waals surface area contributed by atoms with Crippen LogP contribution in [0, 0.1) is 5.41 Å². The number of rotatable bonds is 4. The largest absolute Gasteiger partial charge is 0.372 e. The third kappa shape index (κ3) is 4.15. The zero-order chi connectivity index (χ0) is 14.8. The van der Waals surface area contributed by atoms with E-state index in [0.717, 1.165) is 0 Å². The Balaban J connectivity index is 3.17. The first-order valence-corrected chi connectivity index (χ1v) is 8.21. The molecule has 1 heterocycles. The minimum atomic E-state index is -3.61. The monoisotopic (exact) mass is 349 g/mol. The van der Waals surface area contributed by atoms with E-state index in [1.165, 1.54) is 6.07 Å². The van der Waals surface area contributed by atoms with Crippen LogP contribution >= 0.6 is 15.9 Å². The highest BCUT2D eigenvalue weighted by molar-refractivity contribution is 9.10. The molecule has 5 nitrogen and oxygen atoms in total. The molecule has 1 unspecified atom stereocenters. The van der Waals surface area contributed by atoms with Crippen LogP contribution in [0.2, 0.25) is 0 Å². The second kappa shape index (κ2) is 5.76. The van der Waals surface area contributed by atoms with Gasteiger partial charge in [-0.2, -0.15) is 0 Å². The molecule has 1 aromatic rings. The van der Waals surface area contributed by atoms with Crippen LogP contribution in [0.1, 0.15) is 27.7 Å². The van der Waals surface area contributed by atoms with Crippen LogP contribution in [-0.4, -0.2) is 26.5 Å². The molecule has 0 radical (unpaired) electrons. The Hall–Kier alpha value is -0.660. The van der Waals surface area contributed by atoms with Gasteiger partial charge in [-0.15, -0.1) is 0 Å². The standard InChI is InChI=1S/C12H20BrN3O2S/c1-8(12(2,3)4)16-19(17,18)10-6-9(13)7-15-11(10)14-5/h6-8,16H,1-5H3,(H,14,15). The molecule has 1 aromatic heterocycles. The fraction of sp³-hybridized carbons (Fsp3) is 0.583. The van der Waals surface area contributed by atoms with E-state index in [2.05, 4.69) is 31.0 Å². The molecule has 2 N–H and O–H groups in total. The lowest BCUT2D eigenvalue weighted by Crippen LogP contribution is -2.41. The Morgan fingerprint density at radius 1 is 1.37 bits per heavy atom. The summed E-state index contributed by atoms with van der Waals surface area (Å²) in [6, 6.07) is 1.34. The molecule has 0 fully saturated rings. The number of nitrogens with one attached hydrogen (secondary N) is 2. The Morgan fingerprint density at radius 2 is 1.95 bits per heavy atom. The molecule has 0 aromatic carbocycles. The summed E-state index contributed by atoms with van der Waals surface area (Å²) in [4.78, 5) is 4.19. The highest BCUT2D eigenvalue weighted by atomic mass is 79.9. The van der Waals surface area contributed by atoms with E-state index in [0.29, 0.717) is 10.3 Å². The van der Waals surface area contributed by atoms with Gasteiger partial charge >= 0.3 is 0 Å². The van der Waals surface area contributed by atoms with Crippen LogP contribution in [0.15, 0.2) is 21.6 Å². The van der Waals surface area contributed by atoms with Crippen LogP contribution in [0.25, 0.3) is 0 Å². The lowest BCUT2D eigenvalue weighted by atomic mass is 9.89. The average molecular weight is 350 g/mol. The van der Waals surface area contributed by atoms with Gasteiger partial charge in [-0.25, -0.2) is 18.1 Å². The fourth-order valence-corrected chi connectivity index (χ4v) is 3.41. The van der Waals surface area contributed by atoms with Crippen molar-refractivity contribution in [1.82, 2.24) is 9.71 Å². The minimum Gasteiger partial charge on any atom is -0.372 e. The number of sulfonamides is 1. The third-order valence-corrected chi connectivity index (χ3v) is 4.96. The number of nitrogens with zero attached hydrogens (tertiary/aromatic N) is 1. The molecule has 108 valence electrons. The van der Waals surface area contributed by atoms with Gasteiger partial charge in [0.25, 0.3) is 0 Å². The highest BCUT2D eigenvalue weighted by Crippen LogP contribution is 2.25. The van der Waals surface area contributed by atoms with Crippen molar-refractivity contribution >= 4 is 31.8 Å². The van der Waals surface area contributed by atoms with Crippen molar-refractivity contribution in [3.8, 4) is 0 Å². The Morgan fingerprint density at radius 3 is 2.42 bits per heavy atom.